The maximum Gasteiger partial charge on any atom is 0.416 e. The first-order valence-corrected chi connectivity index (χ1v) is 11.0. The van der Waals surface area contributed by atoms with Gasteiger partial charge in [0.25, 0.3) is 0 Å². The molecular formula is C24H26BrF6NO. The lowest BCUT2D eigenvalue weighted by Crippen LogP contribution is -2.23. The van der Waals surface area contributed by atoms with Crippen molar-refractivity contribution in [1.29, 1.82) is 0 Å². The third-order valence-electron chi connectivity index (χ3n) is 4.52. The van der Waals surface area contributed by atoms with Gasteiger partial charge in [0.15, 0.2) is 0 Å². The molecule has 33 heavy (non-hydrogen) atoms. The Morgan fingerprint density at radius 2 is 1.42 bits per heavy atom. The smallest absolute Gasteiger partial charge is 0.326 e. The van der Waals surface area contributed by atoms with Crippen LogP contribution in [0.2, 0.25) is 0 Å². The van der Waals surface area contributed by atoms with Crippen molar-refractivity contribution < 1.29 is 31.1 Å². The maximum absolute atomic E-state index is 13.0. The van der Waals surface area contributed by atoms with E-state index >= 15 is 0 Å². The van der Waals surface area contributed by atoms with Crippen molar-refractivity contribution >= 4 is 27.5 Å². The van der Waals surface area contributed by atoms with Crippen LogP contribution in [0.5, 0.6) is 0 Å². The van der Waals surface area contributed by atoms with Gasteiger partial charge < -0.3 is 5.32 Å². The number of hydrogen-bond acceptors (Lipinski definition) is 1. The highest BCUT2D eigenvalue weighted by Crippen LogP contribution is 2.36. The minimum atomic E-state index is -4.92. The number of carbonyl (C=O) groups excluding carboxylic acids is 1. The predicted octanol–water partition coefficient (Wildman–Crippen LogP) is 8.32. The monoisotopic (exact) mass is 537 g/mol. The number of hydrogen-bond donors (Lipinski definition) is 1. The van der Waals surface area contributed by atoms with Gasteiger partial charge in [0.05, 0.1) is 11.1 Å². The Morgan fingerprint density at radius 1 is 0.909 bits per heavy atom. The Kier molecular flexibility index (Phi) is 10.2. The summed E-state index contributed by atoms with van der Waals surface area (Å²) in [4.78, 5) is 12.5. The first-order chi connectivity index (χ1) is 15.2. The fourth-order valence-corrected chi connectivity index (χ4v) is 3.31. The summed E-state index contributed by atoms with van der Waals surface area (Å²) in [5, 5.41) is 2.74. The Labute approximate surface area is 198 Å². The standard InChI is InChI=1S/C22H20BrF6NO.C2H6/c1-12(2)20(18-11-17(23)6-4-13(18)3)30-19(31)7-5-14-8-15(21(24,25)26)10-16(9-14)22(27,28)29;1-2/h4,6,8-11H,5,7H2,1-3H3,(H,30,31);1-2H3. The van der Waals surface area contributed by atoms with Gasteiger partial charge in [-0.1, -0.05) is 41.4 Å². The van der Waals surface area contributed by atoms with E-state index in [2.05, 4.69) is 21.2 Å². The summed E-state index contributed by atoms with van der Waals surface area (Å²) in [6.07, 6.45) is -10.4. The molecule has 0 atom stereocenters. The zero-order valence-corrected chi connectivity index (χ0v) is 20.5. The third kappa shape index (κ3) is 8.53. The van der Waals surface area contributed by atoms with E-state index in [1.54, 1.807) is 13.8 Å². The van der Waals surface area contributed by atoms with Gasteiger partial charge in [-0.15, -0.1) is 0 Å². The van der Waals surface area contributed by atoms with E-state index in [0.717, 1.165) is 21.2 Å². The molecule has 0 spiro atoms. The molecule has 9 heteroatoms. The molecule has 0 heterocycles. The molecule has 0 aromatic heterocycles. The SMILES string of the molecule is CC.CC(C)=C(NC(=O)CCc1cc(C(F)(F)F)cc(C(F)(F)F)c1)c1cc(Br)ccc1C. The molecule has 182 valence electrons. The molecule has 1 amide bonds. The van der Waals surface area contributed by atoms with Crippen LogP contribution in [0.25, 0.3) is 5.70 Å². The Balaban J connectivity index is 0.00000265. The number of alkyl halides is 6. The van der Waals surface area contributed by atoms with Crippen molar-refractivity contribution in [3.8, 4) is 0 Å². The highest BCUT2D eigenvalue weighted by atomic mass is 79.9. The first-order valence-electron chi connectivity index (χ1n) is 10.2. The number of nitrogens with one attached hydrogen (secondary N) is 1. The summed E-state index contributed by atoms with van der Waals surface area (Å²) < 4.78 is 78.8. The molecule has 2 nitrogen and oxygen atoms in total. The van der Waals surface area contributed by atoms with Crippen LogP contribution in [-0.4, -0.2) is 5.91 Å². The topological polar surface area (TPSA) is 29.1 Å². The summed E-state index contributed by atoms with van der Waals surface area (Å²) in [7, 11) is 0. The highest BCUT2D eigenvalue weighted by molar-refractivity contribution is 9.10. The van der Waals surface area contributed by atoms with Gasteiger partial charge in [0.1, 0.15) is 0 Å². The number of amides is 1. The van der Waals surface area contributed by atoms with Gasteiger partial charge in [0.2, 0.25) is 5.91 Å². The lowest BCUT2D eigenvalue weighted by Gasteiger charge is -2.16. The molecule has 0 aliphatic carbocycles. The van der Waals surface area contributed by atoms with Crippen molar-refractivity contribution in [2.45, 2.75) is 59.8 Å². The number of aryl methyl sites for hydroxylation is 2. The van der Waals surface area contributed by atoms with E-state index in [-0.39, 0.29) is 24.5 Å². The molecular weight excluding hydrogens is 512 g/mol. The van der Waals surface area contributed by atoms with E-state index in [0.29, 0.717) is 17.8 Å². The average Bonchev–Trinajstić information content (AvgIpc) is 2.72. The summed E-state index contributed by atoms with van der Waals surface area (Å²) in [6, 6.07) is 6.87. The molecule has 2 rings (SSSR count). The molecule has 0 saturated carbocycles. The molecule has 0 aliphatic rings. The zero-order chi connectivity index (χ0) is 25.6. The second-order valence-corrected chi connectivity index (χ2v) is 8.21. The second-order valence-electron chi connectivity index (χ2n) is 7.30. The van der Waals surface area contributed by atoms with Crippen LogP contribution in [0.1, 0.15) is 61.9 Å². The number of allylic oxidation sites excluding steroid dienone is 1. The fraction of sp³-hybridized carbons (Fsp3) is 0.375. The highest BCUT2D eigenvalue weighted by Gasteiger charge is 2.36. The average molecular weight is 538 g/mol. The molecule has 2 aromatic rings. The van der Waals surface area contributed by atoms with Crippen LogP contribution in [-0.2, 0) is 23.6 Å². The molecule has 0 aliphatic heterocycles. The van der Waals surface area contributed by atoms with Crippen molar-refractivity contribution in [3.63, 3.8) is 0 Å². The van der Waals surface area contributed by atoms with Crippen molar-refractivity contribution in [2.75, 3.05) is 0 Å². The van der Waals surface area contributed by atoms with E-state index < -0.39 is 29.4 Å². The molecule has 2 aromatic carbocycles. The summed E-state index contributed by atoms with van der Waals surface area (Å²) in [5.74, 6) is -0.512. The fourth-order valence-electron chi connectivity index (χ4n) is 2.95. The van der Waals surface area contributed by atoms with E-state index in [4.69, 9.17) is 0 Å². The third-order valence-corrected chi connectivity index (χ3v) is 5.01. The van der Waals surface area contributed by atoms with E-state index in [1.165, 1.54) is 0 Å². The molecule has 0 bridgehead atoms. The van der Waals surface area contributed by atoms with Crippen molar-refractivity contribution in [3.05, 3.63) is 74.3 Å². The van der Waals surface area contributed by atoms with Crippen LogP contribution in [0.15, 0.2) is 46.4 Å². The minimum Gasteiger partial charge on any atom is -0.326 e. The normalized spacial score (nSPS) is 11.4. The molecule has 0 unspecified atom stereocenters. The van der Waals surface area contributed by atoms with Crippen LogP contribution >= 0.6 is 15.9 Å². The minimum absolute atomic E-state index is 0.0703. The lowest BCUT2D eigenvalue weighted by atomic mass is 10.0. The van der Waals surface area contributed by atoms with Gasteiger partial charge in [0, 0.05) is 22.2 Å². The van der Waals surface area contributed by atoms with Crippen LogP contribution in [0.4, 0.5) is 26.3 Å². The van der Waals surface area contributed by atoms with E-state index in [9.17, 15) is 31.1 Å². The van der Waals surface area contributed by atoms with Crippen LogP contribution < -0.4 is 5.32 Å². The summed E-state index contributed by atoms with van der Waals surface area (Å²) >= 11 is 3.37. The number of benzene rings is 2. The zero-order valence-electron chi connectivity index (χ0n) is 18.9. The molecule has 0 radical (unpaired) electrons. The number of rotatable bonds is 5. The number of carbonyl (C=O) groups is 1. The maximum atomic E-state index is 13.0. The lowest BCUT2D eigenvalue weighted by molar-refractivity contribution is -0.143. The Hall–Kier alpha value is -2.29. The van der Waals surface area contributed by atoms with Crippen LogP contribution in [0.3, 0.4) is 0 Å². The Bertz CT molecular complexity index is 973. The predicted molar refractivity (Wildman–Crippen MR) is 121 cm³/mol. The molecule has 1 N–H and O–H groups in total. The van der Waals surface area contributed by atoms with E-state index in [1.807, 2.05) is 39.0 Å². The number of halogens is 7. The van der Waals surface area contributed by atoms with Crippen LogP contribution in [0, 0.1) is 6.92 Å². The molecule has 0 saturated heterocycles. The van der Waals surface area contributed by atoms with Gasteiger partial charge in [-0.25, -0.2) is 0 Å². The largest absolute Gasteiger partial charge is 0.416 e. The van der Waals surface area contributed by atoms with Gasteiger partial charge in [-0.2, -0.15) is 26.3 Å². The van der Waals surface area contributed by atoms with Crippen molar-refractivity contribution in [2.24, 2.45) is 0 Å². The Morgan fingerprint density at radius 3 is 1.88 bits per heavy atom. The van der Waals surface area contributed by atoms with Gasteiger partial charge >= 0.3 is 12.4 Å². The van der Waals surface area contributed by atoms with Gasteiger partial charge in [-0.3, -0.25) is 4.79 Å². The first kappa shape index (κ1) is 28.7. The molecule has 0 fully saturated rings. The second kappa shape index (κ2) is 11.7. The van der Waals surface area contributed by atoms with Crippen molar-refractivity contribution in [1.82, 2.24) is 5.32 Å². The summed E-state index contributed by atoms with van der Waals surface area (Å²) in [5.41, 5.74) is -0.00000313. The quantitative estimate of drug-likeness (QED) is 0.381. The van der Waals surface area contributed by atoms with Gasteiger partial charge in [-0.05, 0) is 68.7 Å². The summed E-state index contributed by atoms with van der Waals surface area (Å²) in [6.45, 7) is 9.44.